The van der Waals surface area contributed by atoms with Gasteiger partial charge in [0, 0.05) is 25.9 Å². The average molecular weight is 554 g/mol. The van der Waals surface area contributed by atoms with E-state index < -0.39 is 93.8 Å². The number of rotatable bonds is 19. The SMILES string of the molecule is O=C(C[C@@H](COC(F)F)C(=O)N[C@@H](COC(F)F)C(=O)C[C@@H](COC(F)F)C(=O)O)CN1CCOCC1. The summed E-state index contributed by atoms with van der Waals surface area (Å²) in [5.74, 6) is -8.05. The van der Waals surface area contributed by atoms with Gasteiger partial charge in [0.2, 0.25) is 5.91 Å². The van der Waals surface area contributed by atoms with Crippen molar-refractivity contribution in [3.8, 4) is 0 Å². The van der Waals surface area contributed by atoms with Crippen LogP contribution < -0.4 is 5.32 Å². The number of hydrogen-bond acceptors (Lipinski definition) is 9. The molecule has 0 radical (unpaired) electrons. The van der Waals surface area contributed by atoms with Gasteiger partial charge in [-0.3, -0.25) is 24.1 Å². The third-order valence-electron chi connectivity index (χ3n) is 5.09. The topological polar surface area (TPSA) is 141 Å². The van der Waals surface area contributed by atoms with Crippen LogP contribution in [0.3, 0.4) is 0 Å². The molecule has 0 saturated carbocycles. The van der Waals surface area contributed by atoms with Crippen LogP contribution >= 0.6 is 0 Å². The number of halogens is 6. The number of ketones is 2. The van der Waals surface area contributed by atoms with Crippen LogP contribution in [-0.2, 0) is 38.1 Å². The maximum absolute atomic E-state index is 12.7. The average Bonchev–Trinajstić information content (AvgIpc) is 2.81. The number of morpholine rings is 1. The van der Waals surface area contributed by atoms with Gasteiger partial charge >= 0.3 is 25.8 Å². The van der Waals surface area contributed by atoms with Crippen LogP contribution in [0.15, 0.2) is 0 Å². The molecule has 37 heavy (non-hydrogen) atoms. The van der Waals surface area contributed by atoms with Gasteiger partial charge in [-0.25, -0.2) is 0 Å². The van der Waals surface area contributed by atoms with E-state index in [1.54, 1.807) is 4.90 Å². The molecule has 1 rings (SSSR count). The van der Waals surface area contributed by atoms with Crippen molar-refractivity contribution in [3.63, 3.8) is 0 Å². The molecule has 1 amide bonds. The predicted molar refractivity (Wildman–Crippen MR) is 109 cm³/mol. The molecular weight excluding hydrogens is 526 g/mol. The zero-order valence-electron chi connectivity index (χ0n) is 19.5. The van der Waals surface area contributed by atoms with Gasteiger partial charge in [-0.15, -0.1) is 0 Å². The Morgan fingerprint density at radius 2 is 1.32 bits per heavy atom. The van der Waals surface area contributed by atoms with E-state index in [4.69, 9.17) is 9.84 Å². The molecule has 0 spiro atoms. The molecule has 0 aromatic rings. The summed E-state index contributed by atoms with van der Waals surface area (Å²) in [4.78, 5) is 50.6. The van der Waals surface area contributed by atoms with Crippen LogP contribution in [0.4, 0.5) is 26.3 Å². The number of alkyl halides is 6. The fraction of sp³-hybridized carbons (Fsp3) is 0.800. The number of aliphatic carboxylic acids is 1. The molecule has 1 fully saturated rings. The molecule has 3 atom stereocenters. The van der Waals surface area contributed by atoms with Gasteiger partial charge < -0.3 is 29.4 Å². The Bertz CT molecular complexity index is 741. The van der Waals surface area contributed by atoms with E-state index in [1.165, 1.54) is 0 Å². The highest BCUT2D eigenvalue weighted by Gasteiger charge is 2.32. The highest BCUT2D eigenvalue weighted by Crippen LogP contribution is 2.14. The predicted octanol–water partition coefficient (Wildman–Crippen LogP) is 0.756. The first kappa shape index (κ1) is 32.7. The number of ether oxygens (including phenoxy) is 4. The molecule has 17 heteroatoms. The van der Waals surface area contributed by atoms with Crippen molar-refractivity contribution < 1.29 is 69.6 Å². The second-order valence-electron chi connectivity index (χ2n) is 7.88. The van der Waals surface area contributed by atoms with Gasteiger partial charge in [-0.1, -0.05) is 0 Å². The van der Waals surface area contributed by atoms with Gasteiger partial charge in [0.1, 0.15) is 11.8 Å². The number of Topliss-reactive ketones (excluding diaryl/α,β-unsaturated/α-hetero) is 2. The molecule has 11 nitrogen and oxygen atoms in total. The van der Waals surface area contributed by atoms with Crippen molar-refractivity contribution in [1.29, 1.82) is 0 Å². The number of nitrogens with one attached hydrogen (secondary N) is 1. The molecule has 1 aliphatic heterocycles. The van der Waals surface area contributed by atoms with Crippen molar-refractivity contribution in [2.45, 2.75) is 38.7 Å². The van der Waals surface area contributed by atoms with Crippen molar-refractivity contribution in [2.75, 3.05) is 52.7 Å². The molecule has 0 unspecified atom stereocenters. The second-order valence-corrected chi connectivity index (χ2v) is 7.88. The highest BCUT2D eigenvalue weighted by molar-refractivity contribution is 5.93. The maximum Gasteiger partial charge on any atom is 0.345 e. The standard InChI is InChI=1S/C20H28F6N2O9/c21-18(22)35-8-11(5-13(29)7-28-1-3-34-4-2-28)16(31)27-14(10-37-20(25)26)15(30)6-12(17(32)33)9-36-19(23)24/h11-12,14,18-20H,1-10H2,(H,27,31)(H,32,33)/t11-,12-,14-/m0/s1. The van der Waals surface area contributed by atoms with Crippen molar-refractivity contribution >= 4 is 23.4 Å². The van der Waals surface area contributed by atoms with Crippen LogP contribution in [0.1, 0.15) is 12.8 Å². The lowest BCUT2D eigenvalue weighted by Gasteiger charge is -2.27. The van der Waals surface area contributed by atoms with E-state index in [-0.39, 0.29) is 6.54 Å². The first-order chi connectivity index (χ1) is 17.4. The summed E-state index contributed by atoms with van der Waals surface area (Å²) in [5.41, 5.74) is 0. The van der Waals surface area contributed by atoms with E-state index >= 15 is 0 Å². The normalized spacial score (nSPS) is 17.1. The summed E-state index contributed by atoms with van der Waals surface area (Å²) in [6.45, 7) is -11.9. The van der Waals surface area contributed by atoms with Crippen LogP contribution in [0.5, 0.6) is 0 Å². The zero-order valence-corrected chi connectivity index (χ0v) is 19.5. The first-order valence-corrected chi connectivity index (χ1v) is 11.0. The number of carbonyl (C=O) groups excluding carboxylic acids is 3. The maximum atomic E-state index is 12.7. The Labute approximate surface area is 207 Å². The van der Waals surface area contributed by atoms with Crippen molar-refractivity contribution in [1.82, 2.24) is 10.2 Å². The molecular formula is C20H28F6N2O9. The minimum Gasteiger partial charge on any atom is -0.481 e. The Hall–Kier alpha value is -2.34. The van der Waals surface area contributed by atoms with Crippen molar-refractivity contribution in [3.05, 3.63) is 0 Å². The number of amides is 1. The van der Waals surface area contributed by atoms with E-state index in [0.29, 0.717) is 26.3 Å². The summed E-state index contributed by atoms with van der Waals surface area (Å²) in [6.07, 6.45) is -1.62. The van der Waals surface area contributed by atoms with Crippen molar-refractivity contribution in [2.24, 2.45) is 11.8 Å². The smallest absolute Gasteiger partial charge is 0.345 e. The van der Waals surface area contributed by atoms with Gasteiger partial charge in [0.05, 0.1) is 51.4 Å². The zero-order chi connectivity index (χ0) is 28.0. The number of nitrogens with zero attached hydrogens (tertiary/aromatic N) is 1. The summed E-state index contributed by atoms with van der Waals surface area (Å²) in [6, 6.07) is -1.92. The molecule has 0 bridgehead atoms. The largest absolute Gasteiger partial charge is 0.481 e. The summed E-state index contributed by atoms with van der Waals surface area (Å²) in [7, 11) is 0. The number of carboxylic acids is 1. The Balaban J connectivity index is 2.92. The monoisotopic (exact) mass is 554 g/mol. The molecule has 1 heterocycles. The summed E-state index contributed by atoms with van der Waals surface area (Å²) < 4.78 is 91.9. The fourth-order valence-corrected chi connectivity index (χ4v) is 3.23. The lowest BCUT2D eigenvalue weighted by molar-refractivity contribution is -0.163. The van der Waals surface area contributed by atoms with Gasteiger partial charge in [-0.2, -0.15) is 26.3 Å². The van der Waals surface area contributed by atoms with Crippen LogP contribution in [0.2, 0.25) is 0 Å². The van der Waals surface area contributed by atoms with E-state index in [9.17, 15) is 45.5 Å². The quantitative estimate of drug-likeness (QED) is 0.220. The van der Waals surface area contributed by atoms with Crippen LogP contribution in [-0.4, -0.2) is 112 Å². The highest BCUT2D eigenvalue weighted by atomic mass is 19.3. The second kappa shape index (κ2) is 17.2. The first-order valence-electron chi connectivity index (χ1n) is 11.0. The lowest BCUT2D eigenvalue weighted by atomic mass is 9.97. The molecule has 0 aromatic heterocycles. The van der Waals surface area contributed by atoms with Gasteiger partial charge in [0.25, 0.3) is 0 Å². The third kappa shape index (κ3) is 14.2. The molecule has 214 valence electrons. The Morgan fingerprint density at radius 1 is 0.811 bits per heavy atom. The Morgan fingerprint density at radius 3 is 1.84 bits per heavy atom. The molecule has 1 aliphatic rings. The van der Waals surface area contributed by atoms with Gasteiger partial charge in [-0.05, 0) is 0 Å². The number of carboxylic acid groups (broad SMARTS) is 1. The molecule has 1 saturated heterocycles. The van der Waals surface area contributed by atoms with Gasteiger partial charge in [0.15, 0.2) is 5.78 Å². The minimum atomic E-state index is -3.40. The number of carbonyl (C=O) groups is 4. The number of hydrogen-bond donors (Lipinski definition) is 2. The lowest BCUT2D eigenvalue weighted by Crippen LogP contribution is -2.49. The summed E-state index contributed by atoms with van der Waals surface area (Å²) in [5, 5.41) is 11.1. The van der Waals surface area contributed by atoms with Crippen LogP contribution in [0, 0.1) is 11.8 Å². The Kier molecular flexibility index (Phi) is 15.2. The fourth-order valence-electron chi connectivity index (χ4n) is 3.23. The van der Waals surface area contributed by atoms with E-state index in [2.05, 4.69) is 14.2 Å². The molecule has 2 N–H and O–H groups in total. The molecule has 0 aliphatic carbocycles. The van der Waals surface area contributed by atoms with E-state index in [0.717, 1.165) is 0 Å². The third-order valence-corrected chi connectivity index (χ3v) is 5.09. The molecule has 0 aromatic carbocycles. The summed E-state index contributed by atoms with van der Waals surface area (Å²) >= 11 is 0. The van der Waals surface area contributed by atoms with Crippen LogP contribution in [0.25, 0.3) is 0 Å². The van der Waals surface area contributed by atoms with E-state index in [1.807, 2.05) is 5.32 Å². The minimum absolute atomic E-state index is 0.136.